The summed E-state index contributed by atoms with van der Waals surface area (Å²) in [4.78, 5) is 24.8. The number of rotatable bonds is 6. The first-order valence-electron chi connectivity index (χ1n) is 5.94. The summed E-state index contributed by atoms with van der Waals surface area (Å²) in [6, 6.07) is -1.57. The van der Waals surface area contributed by atoms with Gasteiger partial charge in [-0.2, -0.15) is 0 Å². The Kier molecular flexibility index (Phi) is 5.90. The fourth-order valence-electron chi connectivity index (χ4n) is 1.96. The lowest BCUT2D eigenvalue weighted by molar-refractivity contribution is -0.150. The van der Waals surface area contributed by atoms with E-state index in [9.17, 15) is 9.59 Å². The molecule has 1 saturated heterocycles. The van der Waals surface area contributed by atoms with Crippen molar-refractivity contribution in [3.05, 3.63) is 0 Å². The number of amides is 1. The molecule has 1 fully saturated rings. The van der Waals surface area contributed by atoms with Crippen LogP contribution in [0.4, 0.5) is 0 Å². The molecule has 0 saturated carbocycles. The van der Waals surface area contributed by atoms with Gasteiger partial charge in [-0.05, 0) is 6.42 Å². The number of methoxy groups -OCH3 is 1. The molecule has 0 spiro atoms. The Morgan fingerprint density at radius 1 is 1.61 bits per heavy atom. The third-order valence-electron chi connectivity index (χ3n) is 2.83. The number of carboxylic acid groups (broad SMARTS) is 1. The van der Waals surface area contributed by atoms with Crippen molar-refractivity contribution in [3.8, 4) is 0 Å². The number of hydrogen-bond donors (Lipinski definition) is 2. The molecule has 0 aromatic carbocycles. The van der Waals surface area contributed by atoms with Gasteiger partial charge in [0.2, 0.25) is 5.91 Å². The van der Waals surface area contributed by atoms with Gasteiger partial charge in [-0.15, -0.1) is 11.8 Å². The SMILES string of the molecule is CCCC1SCC(C(=O)O)N1C(=O)C(N)COC. The van der Waals surface area contributed by atoms with Crippen LogP contribution in [0.3, 0.4) is 0 Å². The van der Waals surface area contributed by atoms with Crippen molar-refractivity contribution < 1.29 is 19.4 Å². The summed E-state index contributed by atoms with van der Waals surface area (Å²) in [5, 5.41) is 9.06. The highest BCUT2D eigenvalue weighted by Crippen LogP contribution is 2.32. The summed E-state index contributed by atoms with van der Waals surface area (Å²) in [7, 11) is 1.46. The van der Waals surface area contributed by atoms with Crippen LogP contribution in [0.5, 0.6) is 0 Å². The van der Waals surface area contributed by atoms with E-state index >= 15 is 0 Å². The van der Waals surface area contributed by atoms with E-state index in [0.29, 0.717) is 5.75 Å². The Labute approximate surface area is 111 Å². The molecule has 7 heteroatoms. The molecule has 6 nitrogen and oxygen atoms in total. The molecule has 0 aromatic rings. The Balaban J connectivity index is 2.81. The van der Waals surface area contributed by atoms with E-state index in [0.717, 1.165) is 12.8 Å². The van der Waals surface area contributed by atoms with E-state index in [-0.39, 0.29) is 17.9 Å². The lowest BCUT2D eigenvalue weighted by atomic mass is 10.2. The predicted molar refractivity (Wildman–Crippen MR) is 69.3 cm³/mol. The van der Waals surface area contributed by atoms with Crippen LogP contribution in [-0.4, -0.2) is 58.8 Å². The van der Waals surface area contributed by atoms with Crippen molar-refractivity contribution in [3.63, 3.8) is 0 Å². The summed E-state index contributed by atoms with van der Waals surface area (Å²) in [5.74, 6) is -0.891. The van der Waals surface area contributed by atoms with Gasteiger partial charge in [0.15, 0.2) is 0 Å². The minimum atomic E-state index is -0.973. The van der Waals surface area contributed by atoms with Crippen LogP contribution in [0.2, 0.25) is 0 Å². The second kappa shape index (κ2) is 6.96. The third kappa shape index (κ3) is 3.37. The van der Waals surface area contributed by atoms with Crippen LogP contribution in [0.25, 0.3) is 0 Å². The molecule has 1 aliphatic heterocycles. The molecule has 3 unspecified atom stereocenters. The maximum Gasteiger partial charge on any atom is 0.327 e. The number of carbonyl (C=O) groups excluding carboxylic acids is 1. The van der Waals surface area contributed by atoms with E-state index in [4.69, 9.17) is 15.6 Å². The van der Waals surface area contributed by atoms with E-state index in [1.807, 2.05) is 6.92 Å². The standard InChI is InChI=1S/C11H20N2O4S/c1-3-4-9-13(8(6-18-9)11(15)16)10(14)7(12)5-17-2/h7-9H,3-6,12H2,1-2H3,(H,15,16). The predicted octanol–water partition coefficient (Wildman–Crippen LogP) is 0.115. The zero-order valence-electron chi connectivity index (χ0n) is 10.7. The summed E-state index contributed by atoms with van der Waals surface area (Å²) in [6.07, 6.45) is 1.67. The first-order chi connectivity index (χ1) is 8.52. The molecule has 0 aliphatic carbocycles. The molecule has 1 rings (SSSR count). The number of carbonyl (C=O) groups is 2. The number of aliphatic carboxylic acids is 1. The van der Waals surface area contributed by atoms with Gasteiger partial charge < -0.3 is 20.5 Å². The van der Waals surface area contributed by atoms with Crippen LogP contribution < -0.4 is 5.73 Å². The van der Waals surface area contributed by atoms with E-state index < -0.39 is 18.1 Å². The fraction of sp³-hybridized carbons (Fsp3) is 0.818. The van der Waals surface area contributed by atoms with Crippen LogP contribution in [0, 0.1) is 0 Å². The van der Waals surface area contributed by atoms with E-state index in [1.54, 1.807) is 0 Å². The average Bonchev–Trinajstić information content (AvgIpc) is 2.72. The van der Waals surface area contributed by atoms with Crippen molar-refractivity contribution >= 4 is 23.6 Å². The lowest BCUT2D eigenvalue weighted by Gasteiger charge is -2.29. The van der Waals surface area contributed by atoms with Crippen LogP contribution >= 0.6 is 11.8 Å². The smallest absolute Gasteiger partial charge is 0.327 e. The zero-order chi connectivity index (χ0) is 13.7. The summed E-state index contributed by atoms with van der Waals surface area (Å²) in [5.41, 5.74) is 5.71. The van der Waals surface area contributed by atoms with E-state index in [1.165, 1.54) is 23.8 Å². The van der Waals surface area contributed by atoms with Crippen molar-refractivity contribution in [2.75, 3.05) is 19.5 Å². The molecule has 18 heavy (non-hydrogen) atoms. The van der Waals surface area contributed by atoms with Crippen LogP contribution in [-0.2, 0) is 14.3 Å². The number of thioether (sulfide) groups is 1. The summed E-state index contributed by atoms with van der Waals surface area (Å²) in [6.45, 7) is 2.11. The number of hydrogen-bond acceptors (Lipinski definition) is 5. The topological polar surface area (TPSA) is 92.9 Å². The molecule has 0 bridgehead atoms. The lowest BCUT2D eigenvalue weighted by Crippen LogP contribution is -2.53. The molecule has 1 amide bonds. The largest absolute Gasteiger partial charge is 0.480 e. The Bertz CT molecular complexity index is 313. The highest BCUT2D eigenvalue weighted by Gasteiger charge is 2.42. The quantitative estimate of drug-likeness (QED) is 0.715. The maximum atomic E-state index is 12.2. The summed E-state index contributed by atoms with van der Waals surface area (Å²) < 4.78 is 4.85. The molecule has 3 atom stereocenters. The van der Waals surface area contributed by atoms with Crippen LogP contribution in [0.15, 0.2) is 0 Å². The molecule has 104 valence electrons. The molecular formula is C11H20N2O4S. The Morgan fingerprint density at radius 2 is 2.28 bits per heavy atom. The highest BCUT2D eigenvalue weighted by atomic mass is 32.2. The van der Waals surface area contributed by atoms with Gasteiger partial charge >= 0.3 is 5.97 Å². The molecule has 1 heterocycles. The molecule has 1 aliphatic rings. The highest BCUT2D eigenvalue weighted by molar-refractivity contribution is 8.00. The average molecular weight is 276 g/mol. The first-order valence-corrected chi connectivity index (χ1v) is 6.98. The van der Waals surface area contributed by atoms with Gasteiger partial charge in [-0.25, -0.2) is 4.79 Å². The Hall–Kier alpha value is -0.790. The number of nitrogens with zero attached hydrogens (tertiary/aromatic N) is 1. The van der Waals surface area contributed by atoms with Gasteiger partial charge in [0.25, 0.3) is 0 Å². The fourth-order valence-corrected chi connectivity index (χ4v) is 3.48. The zero-order valence-corrected chi connectivity index (χ0v) is 11.5. The monoisotopic (exact) mass is 276 g/mol. The van der Waals surface area contributed by atoms with Gasteiger partial charge in [0.1, 0.15) is 12.1 Å². The number of ether oxygens (including phenoxy) is 1. The van der Waals surface area contributed by atoms with Gasteiger partial charge in [0, 0.05) is 12.9 Å². The van der Waals surface area contributed by atoms with E-state index in [2.05, 4.69) is 0 Å². The molecule has 0 radical (unpaired) electrons. The molecule has 3 N–H and O–H groups in total. The first kappa shape index (κ1) is 15.3. The number of carboxylic acids is 1. The normalized spacial score (nSPS) is 25.2. The maximum absolute atomic E-state index is 12.2. The second-order valence-corrected chi connectivity index (χ2v) is 5.45. The van der Waals surface area contributed by atoms with Crippen molar-refractivity contribution in [2.24, 2.45) is 5.73 Å². The number of nitrogens with two attached hydrogens (primary N) is 1. The van der Waals surface area contributed by atoms with Crippen molar-refractivity contribution in [1.29, 1.82) is 0 Å². The van der Waals surface area contributed by atoms with Crippen molar-refractivity contribution in [1.82, 2.24) is 4.90 Å². The molecule has 0 aromatic heterocycles. The third-order valence-corrected chi connectivity index (χ3v) is 4.19. The Morgan fingerprint density at radius 3 is 2.78 bits per heavy atom. The van der Waals surface area contributed by atoms with Gasteiger partial charge in [-0.1, -0.05) is 13.3 Å². The minimum absolute atomic E-state index is 0.0912. The van der Waals surface area contributed by atoms with Gasteiger partial charge in [-0.3, -0.25) is 4.79 Å². The minimum Gasteiger partial charge on any atom is -0.480 e. The van der Waals surface area contributed by atoms with Crippen LogP contribution in [0.1, 0.15) is 19.8 Å². The van der Waals surface area contributed by atoms with Crippen molar-refractivity contribution in [2.45, 2.75) is 37.2 Å². The second-order valence-electron chi connectivity index (χ2n) is 4.24. The summed E-state index contributed by atoms with van der Waals surface area (Å²) >= 11 is 1.50. The van der Waals surface area contributed by atoms with Gasteiger partial charge in [0.05, 0.1) is 12.0 Å². The molecular weight excluding hydrogens is 256 g/mol.